The lowest BCUT2D eigenvalue weighted by atomic mass is 9.96. The maximum absolute atomic E-state index is 12.6. The summed E-state index contributed by atoms with van der Waals surface area (Å²) in [5.41, 5.74) is 0.440. The summed E-state index contributed by atoms with van der Waals surface area (Å²) >= 11 is 0. The second-order valence-electron chi connectivity index (χ2n) is 4.97. The number of hydrogen-bond donors (Lipinski definition) is 0. The smallest absolute Gasteiger partial charge is 0.248 e. The number of sulfonamides is 1. The molecule has 5 nitrogen and oxygen atoms in total. The monoisotopic (exact) mass is 272 g/mol. The summed E-state index contributed by atoms with van der Waals surface area (Å²) in [7, 11) is -1.82. The van der Waals surface area contributed by atoms with E-state index in [1.807, 2.05) is 0 Å². The van der Waals surface area contributed by atoms with Crippen LogP contribution < -0.4 is 0 Å². The van der Waals surface area contributed by atoms with Crippen LogP contribution in [0.4, 0.5) is 0 Å². The molecule has 0 aliphatic heterocycles. The first-order valence-electron chi connectivity index (χ1n) is 6.35. The standard InChI is InChI=1S/C12H20N2O3S/c1-9-12(10(2)17-13-9)18(15,16)14(3)11-7-5-4-6-8-11/h11H,4-8H2,1-3H3. The van der Waals surface area contributed by atoms with E-state index in [9.17, 15) is 8.42 Å². The van der Waals surface area contributed by atoms with Crippen molar-refractivity contribution in [2.45, 2.75) is 56.9 Å². The van der Waals surface area contributed by atoms with Crippen LogP contribution >= 0.6 is 0 Å². The SMILES string of the molecule is Cc1noc(C)c1S(=O)(=O)N(C)C1CCCCC1. The Morgan fingerprint density at radius 2 is 1.83 bits per heavy atom. The number of hydrogen-bond acceptors (Lipinski definition) is 4. The van der Waals surface area contributed by atoms with Gasteiger partial charge < -0.3 is 4.52 Å². The molecule has 0 unspecified atom stereocenters. The van der Waals surface area contributed by atoms with Gasteiger partial charge in [-0.05, 0) is 26.7 Å². The van der Waals surface area contributed by atoms with E-state index in [1.54, 1.807) is 20.9 Å². The van der Waals surface area contributed by atoms with E-state index in [1.165, 1.54) is 10.7 Å². The second kappa shape index (κ2) is 5.01. The zero-order valence-electron chi connectivity index (χ0n) is 11.1. The van der Waals surface area contributed by atoms with E-state index in [2.05, 4.69) is 5.16 Å². The molecule has 102 valence electrons. The molecule has 0 radical (unpaired) electrons. The molecule has 1 aromatic rings. The molecule has 18 heavy (non-hydrogen) atoms. The molecule has 0 amide bonds. The number of rotatable bonds is 3. The van der Waals surface area contributed by atoms with Crippen molar-refractivity contribution < 1.29 is 12.9 Å². The highest BCUT2D eigenvalue weighted by Crippen LogP contribution is 2.29. The van der Waals surface area contributed by atoms with E-state index in [0.717, 1.165) is 25.7 Å². The minimum absolute atomic E-state index is 0.109. The molecular weight excluding hydrogens is 252 g/mol. The van der Waals surface area contributed by atoms with Gasteiger partial charge in [-0.3, -0.25) is 0 Å². The fraction of sp³-hybridized carbons (Fsp3) is 0.750. The Balaban J connectivity index is 2.30. The van der Waals surface area contributed by atoms with Crippen LogP contribution in [0.5, 0.6) is 0 Å². The van der Waals surface area contributed by atoms with E-state index in [-0.39, 0.29) is 10.9 Å². The minimum atomic E-state index is -3.48. The van der Waals surface area contributed by atoms with Crippen molar-refractivity contribution in [1.82, 2.24) is 9.46 Å². The summed E-state index contributed by atoms with van der Waals surface area (Å²) in [6.45, 7) is 3.31. The third-order valence-corrected chi connectivity index (χ3v) is 5.85. The number of aromatic nitrogens is 1. The van der Waals surface area contributed by atoms with Gasteiger partial charge in [0.2, 0.25) is 10.0 Å². The molecule has 1 aliphatic carbocycles. The predicted octanol–water partition coefficient (Wildman–Crippen LogP) is 2.24. The molecule has 1 aromatic heterocycles. The van der Waals surface area contributed by atoms with Crippen molar-refractivity contribution in [3.63, 3.8) is 0 Å². The Kier molecular flexibility index (Phi) is 3.77. The molecule has 1 aliphatic rings. The molecule has 1 saturated carbocycles. The minimum Gasteiger partial charge on any atom is -0.360 e. The van der Waals surface area contributed by atoms with Gasteiger partial charge in [-0.15, -0.1) is 0 Å². The average Bonchev–Trinajstić information content (AvgIpc) is 2.69. The molecule has 0 atom stereocenters. The van der Waals surface area contributed by atoms with Crippen LogP contribution in [0.15, 0.2) is 9.42 Å². The molecule has 0 bridgehead atoms. The molecule has 1 fully saturated rings. The van der Waals surface area contributed by atoms with Gasteiger partial charge >= 0.3 is 0 Å². The summed E-state index contributed by atoms with van der Waals surface area (Å²) in [4.78, 5) is 0.232. The first kappa shape index (κ1) is 13.5. The van der Waals surface area contributed by atoms with Crippen molar-refractivity contribution >= 4 is 10.0 Å². The van der Waals surface area contributed by atoms with Crippen LogP contribution in [-0.4, -0.2) is 31.0 Å². The second-order valence-corrected chi connectivity index (χ2v) is 6.90. The fourth-order valence-corrected chi connectivity index (χ4v) is 4.33. The van der Waals surface area contributed by atoms with E-state index < -0.39 is 10.0 Å². The molecule has 6 heteroatoms. The summed E-state index contributed by atoms with van der Waals surface area (Å²) in [5.74, 6) is 0.371. The Morgan fingerprint density at radius 3 is 2.33 bits per heavy atom. The van der Waals surface area contributed by atoms with E-state index in [0.29, 0.717) is 11.5 Å². The highest BCUT2D eigenvalue weighted by Gasteiger charge is 2.33. The first-order valence-corrected chi connectivity index (χ1v) is 7.79. The van der Waals surface area contributed by atoms with Crippen LogP contribution in [0, 0.1) is 13.8 Å². The highest BCUT2D eigenvalue weighted by atomic mass is 32.2. The quantitative estimate of drug-likeness (QED) is 0.846. The van der Waals surface area contributed by atoms with Gasteiger partial charge in [0.25, 0.3) is 0 Å². The highest BCUT2D eigenvalue weighted by molar-refractivity contribution is 7.89. The van der Waals surface area contributed by atoms with Gasteiger partial charge in [0.1, 0.15) is 10.6 Å². The Bertz CT molecular complexity index is 496. The molecule has 0 spiro atoms. The van der Waals surface area contributed by atoms with E-state index in [4.69, 9.17) is 4.52 Å². The van der Waals surface area contributed by atoms with Crippen molar-refractivity contribution in [1.29, 1.82) is 0 Å². The normalized spacial score (nSPS) is 18.4. The Hall–Kier alpha value is -0.880. The summed E-state index contributed by atoms with van der Waals surface area (Å²) in [6.07, 6.45) is 5.30. The summed E-state index contributed by atoms with van der Waals surface area (Å²) < 4.78 is 31.6. The van der Waals surface area contributed by atoms with Crippen LogP contribution in [0.25, 0.3) is 0 Å². The molecular formula is C12H20N2O3S. The third kappa shape index (κ3) is 2.31. The van der Waals surface area contributed by atoms with Crippen molar-refractivity contribution in [3.8, 4) is 0 Å². The van der Waals surface area contributed by atoms with Crippen LogP contribution in [0.1, 0.15) is 43.6 Å². The van der Waals surface area contributed by atoms with Crippen LogP contribution in [0.2, 0.25) is 0 Å². The summed E-state index contributed by atoms with van der Waals surface area (Å²) in [5, 5.41) is 3.73. The lowest BCUT2D eigenvalue weighted by Crippen LogP contribution is -2.38. The maximum Gasteiger partial charge on any atom is 0.248 e. The largest absolute Gasteiger partial charge is 0.360 e. The molecule has 2 rings (SSSR count). The van der Waals surface area contributed by atoms with E-state index >= 15 is 0 Å². The Labute approximate surface area is 108 Å². The van der Waals surface area contributed by atoms with Crippen LogP contribution in [0.3, 0.4) is 0 Å². The fourth-order valence-electron chi connectivity index (χ4n) is 2.63. The molecule has 0 saturated heterocycles. The van der Waals surface area contributed by atoms with Gasteiger partial charge in [0, 0.05) is 13.1 Å². The van der Waals surface area contributed by atoms with Gasteiger partial charge in [-0.1, -0.05) is 24.4 Å². The zero-order valence-corrected chi connectivity index (χ0v) is 12.0. The molecule has 1 heterocycles. The predicted molar refractivity (Wildman–Crippen MR) is 67.8 cm³/mol. The Morgan fingerprint density at radius 1 is 1.22 bits per heavy atom. The average molecular weight is 272 g/mol. The van der Waals surface area contributed by atoms with Gasteiger partial charge in [-0.2, -0.15) is 4.31 Å². The lowest BCUT2D eigenvalue weighted by molar-refractivity contribution is 0.285. The van der Waals surface area contributed by atoms with Gasteiger partial charge in [0.05, 0.1) is 0 Å². The lowest BCUT2D eigenvalue weighted by Gasteiger charge is -2.30. The van der Waals surface area contributed by atoms with Crippen molar-refractivity contribution in [2.75, 3.05) is 7.05 Å². The van der Waals surface area contributed by atoms with Gasteiger partial charge in [0.15, 0.2) is 5.76 Å². The first-order chi connectivity index (χ1) is 8.44. The zero-order chi connectivity index (χ0) is 13.3. The molecule has 0 aromatic carbocycles. The summed E-state index contributed by atoms with van der Waals surface area (Å²) in [6, 6.07) is 0.109. The topological polar surface area (TPSA) is 63.4 Å². The van der Waals surface area contributed by atoms with Crippen molar-refractivity contribution in [2.24, 2.45) is 0 Å². The van der Waals surface area contributed by atoms with Crippen molar-refractivity contribution in [3.05, 3.63) is 11.5 Å². The number of aryl methyl sites for hydroxylation is 2. The third-order valence-electron chi connectivity index (χ3n) is 3.69. The molecule has 0 N–H and O–H groups in total. The van der Waals surface area contributed by atoms with Crippen LogP contribution in [-0.2, 0) is 10.0 Å². The van der Waals surface area contributed by atoms with Gasteiger partial charge in [-0.25, -0.2) is 8.42 Å². The number of nitrogens with zero attached hydrogens (tertiary/aromatic N) is 2. The maximum atomic E-state index is 12.6.